The summed E-state index contributed by atoms with van der Waals surface area (Å²) in [7, 11) is 0. The lowest BCUT2D eigenvalue weighted by atomic mass is 9.83. The van der Waals surface area contributed by atoms with E-state index in [1.807, 2.05) is 32.6 Å². The van der Waals surface area contributed by atoms with E-state index in [9.17, 15) is 14.4 Å². The van der Waals surface area contributed by atoms with E-state index < -0.39 is 29.0 Å². The van der Waals surface area contributed by atoms with E-state index in [4.69, 9.17) is 19.9 Å². The van der Waals surface area contributed by atoms with E-state index in [0.29, 0.717) is 18.8 Å². The monoisotopic (exact) mass is 520 g/mol. The number of rotatable bonds is 4. The molecule has 37 heavy (non-hydrogen) atoms. The Morgan fingerprint density at radius 2 is 1.46 bits per heavy atom. The van der Waals surface area contributed by atoms with E-state index in [0.717, 1.165) is 4.90 Å². The fourth-order valence-electron chi connectivity index (χ4n) is 4.11. The first-order valence-corrected chi connectivity index (χ1v) is 12.7. The average molecular weight is 521 g/mol. The first-order valence-electron chi connectivity index (χ1n) is 12.7. The van der Waals surface area contributed by atoms with Crippen molar-refractivity contribution in [2.24, 2.45) is 17.6 Å². The number of imide groups is 1. The van der Waals surface area contributed by atoms with Crippen LogP contribution in [0.25, 0.3) is 0 Å². The summed E-state index contributed by atoms with van der Waals surface area (Å²) < 4.78 is 16.6. The van der Waals surface area contributed by atoms with E-state index in [1.165, 1.54) is 6.20 Å². The third kappa shape index (κ3) is 9.18. The van der Waals surface area contributed by atoms with E-state index in [2.05, 4.69) is 4.98 Å². The predicted molar refractivity (Wildman–Crippen MR) is 142 cm³/mol. The van der Waals surface area contributed by atoms with Gasteiger partial charge in [0.05, 0.1) is 18.3 Å². The van der Waals surface area contributed by atoms with Crippen molar-refractivity contribution in [3.63, 3.8) is 0 Å². The molecule has 2 N–H and O–H groups in total. The maximum Gasteiger partial charge on any atom is 0.424 e. The topological polar surface area (TPSA) is 124 Å². The molecule has 1 aromatic heterocycles. The standard InChI is InChI=1S/C27H44N4O6/c1-17-15-30(16-18(22(17)28)13-21(32)35-25(2,3)4)19-11-12-29-14-20(19)31(23(33)36-26(5,6)7)24(34)37-27(8,9)10/h11-12,14,17-18,22H,13,15-16,28H2,1-10H3/t17-,18+,22-/m0/s1. The number of carbonyl (C=O) groups excluding carboxylic acids is 3. The highest BCUT2D eigenvalue weighted by atomic mass is 16.6. The van der Waals surface area contributed by atoms with Crippen LogP contribution in [0.3, 0.4) is 0 Å². The molecule has 208 valence electrons. The van der Waals surface area contributed by atoms with Gasteiger partial charge in [-0.3, -0.25) is 9.78 Å². The number of pyridine rings is 1. The van der Waals surface area contributed by atoms with Crippen LogP contribution < -0.4 is 15.5 Å². The van der Waals surface area contributed by atoms with Crippen LogP contribution in [0.2, 0.25) is 0 Å². The van der Waals surface area contributed by atoms with Crippen molar-refractivity contribution < 1.29 is 28.6 Å². The Morgan fingerprint density at radius 1 is 0.946 bits per heavy atom. The molecule has 0 aliphatic carbocycles. The molecule has 0 bridgehead atoms. The van der Waals surface area contributed by atoms with Crippen molar-refractivity contribution in [1.29, 1.82) is 0 Å². The third-order valence-electron chi connectivity index (χ3n) is 5.52. The van der Waals surface area contributed by atoms with Gasteiger partial charge in [-0.25, -0.2) is 9.59 Å². The fraction of sp³-hybridized carbons (Fsp3) is 0.704. The molecule has 1 fully saturated rings. The van der Waals surface area contributed by atoms with Crippen molar-refractivity contribution in [3.8, 4) is 0 Å². The second-order valence-corrected chi connectivity index (χ2v) is 12.7. The quantitative estimate of drug-likeness (QED) is 0.436. The van der Waals surface area contributed by atoms with Gasteiger partial charge in [-0.1, -0.05) is 6.92 Å². The molecule has 3 atom stereocenters. The van der Waals surface area contributed by atoms with Crippen molar-refractivity contribution in [2.45, 2.75) is 98.5 Å². The number of amides is 2. The van der Waals surface area contributed by atoms with Gasteiger partial charge < -0.3 is 24.8 Å². The Labute approximate surface area is 220 Å². The van der Waals surface area contributed by atoms with Gasteiger partial charge in [-0.05, 0) is 74.3 Å². The largest absolute Gasteiger partial charge is 0.460 e. The second kappa shape index (κ2) is 11.2. The molecular weight excluding hydrogens is 476 g/mol. The molecule has 2 rings (SSSR count). The van der Waals surface area contributed by atoms with Crippen LogP contribution in [0.1, 0.15) is 75.7 Å². The van der Waals surface area contributed by atoms with Crippen LogP contribution in [0, 0.1) is 11.8 Å². The van der Waals surface area contributed by atoms with E-state index in [-0.39, 0.29) is 36.0 Å². The zero-order valence-corrected chi connectivity index (χ0v) is 24.0. The summed E-state index contributed by atoms with van der Waals surface area (Å²) in [6.45, 7) is 18.8. The lowest BCUT2D eigenvalue weighted by Gasteiger charge is -2.43. The smallest absolute Gasteiger partial charge is 0.424 e. The van der Waals surface area contributed by atoms with Crippen LogP contribution in [0.4, 0.5) is 21.0 Å². The minimum Gasteiger partial charge on any atom is -0.460 e. The van der Waals surface area contributed by atoms with Crippen LogP contribution in [0.15, 0.2) is 18.5 Å². The summed E-state index contributed by atoms with van der Waals surface area (Å²) in [5, 5.41) is 0. The van der Waals surface area contributed by atoms with Crippen molar-refractivity contribution in [2.75, 3.05) is 22.9 Å². The maximum atomic E-state index is 13.3. The maximum absolute atomic E-state index is 13.3. The normalized spacial score (nSPS) is 20.7. The number of nitrogens with two attached hydrogens (primary N) is 1. The number of hydrogen-bond acceptors (Lipinski definition) is 9. The number of piperidine rings is 1. The van der Waals surface area contributed by atoms with Crippen LogP contribution >= 0.6 is 0 Å². The summed E-state index contributed by atoms with van der Waals surface area (Å²) in [6.07, 6.45) is 1.43. The summed E-state index contributed by atoms with van der Waals surface area (Å²) in [4.78, 5) is 46.2. The molecule has 0 spiro atoms. The van der Waals surface area contributed by atoms with Crippen LogP contribution in [-0.4, -0.2) is 59.1 Å². The predicted octanol–water partition coefficient (Wildman–Crippen LogP) is 4.89. The second-order valence-electron chi connectivity index (χ2n) is 12.7. The van der Waals surface area contributed by atoms with E-state index in [1.54, 1.807) is 53.8 Å². The molecule has 1 aliphatic rings. The lowest BCUT2D eigenvalue weighted by Crippen LogP contribution is -2.53. The number of esters is 1. The molecule has 0 radical (unpaired) electrons. The van der Waals surface area contributed by atoms with Crippen LogP contribution in [0.5, 0.6) is 0 Å². The highest BCUT2D eigenvalue weighted by molar-refractivity contribution is 6.11. The molecule has 2 heterocycles. The van der Waals surface area contributed by atoms with Gasteiger partial charge in [0.25, 0.3) is 0 Å². The van der Waals surface area contributed by atoms with Gasteiger partial charge in [0.2, 0.25) is 0 Å². The molecule has 0 saturated carbocycles. The van der Waals surface area contributed by atoms with Gasteiger partial charge in [0.1, 0.15) is 22.5 Å². The first kappa shape index (κ1) is 30.3. The summed E-state index contributed by atoms with van der Waals surface area (Å²) in [5.41, 5.74) is 5.03. The minimum absolute atomic E-state index is 0.0266. The Hall–Kier alpha value is -2.88. The number of aromatic nitrogens is 1. The Kier molecular flexibility index (Phi) is 9.22. The zero-order chi connectivity index (χ0) is 28.3. The molecule has 10 nitrogen and oxygen atoms in total. The molecule has 10 heteroatoms. The van der Waals surface area contributed by atoms with Crippen molar-refractivity contribution in [1.82, 2.24) is 4.98 Å². The van der Waals surface area contributed by atoms with Crippen molar-refractivity contribution >= 4 is 29.5 Å². The summed E-state index contributed by atoms with van der Waals surface area (Å²) >= 11 is 0. The lowest BCUT2D eigenvalue weighted by molar-refractivity contribution is -0.156. The third-order valence-corrected chi connectivity index (χ3v) is 5.52. The molecule has 1 saturated heterocycles. The zero-order valence-electron chi connectivity index (χ0n) is 24.0. The average Bonchev–Trinajstić information content (AvgIpc) is 2.67. The molecule has 1 aliphatic heterocycles. The Morgan fingerprint density at radius 3 is 1.95 bits per heavy atom. The van der Waals surface area contributed by atoms with Gasteiger partial charge in [-0.15, -0.1) is 0 Å². The molecule has 0 unspecified atom stereocenters. The van der Waals surface area contributed by atoms with Gasteiger partial charge in [0, 0.05) is 31.2 Å². The number of carbonyl (C=O) groups is 3. The molecular formula is C27H44N4O6. The highest BCUT2D eigenvalue weighted by Gasteiger charge is 2.39. The molecule has 2 amide bonds. The molecule has 0 aromatic carbocycles. The summed E-state index contributed by atoms with van der Waals surface area (Å²) in [5.74, 6) is -0.490. The summed E-state index contributed by atoms with van der Waals surface area (Å²) in [6, 6.07) is 1.51. The number of nitrogens with zero attached hydrogens (tertiary/aromatic N) is 3. The van der Waals surface area contributed by atoms with E-state index >= 15 is 0 Å². The van der Waals surface area contributed by atoms with Gasteiger partial charge >= 0.3 is 18.2 Å². The number of ether oxygens (including phenoxy) is 3. The molecule has 1 aromatic rings. The number of anilines is 2. The minimum atomic E-state index is -0.872. The van der Waals surface area contributed by atoms with Gasteiger partial charge in [0.15, 0.2) is 0 Å². The fourth-order valence-corrected chi connectivity index (χ4v) is 4.11. The SMILES string of the molecule is C[C@H]1CN(c2ccncc2N(C(=O)OC(C)(C)C)C(=O)OC(C)(C)C)C[C@@H](CC(=O)OC(C)(C)C)[C@H]1N. The first-order chi connectivity index (χ1) is 16.8. The number of hydrogen-bond donors (Lipinski definition) is 1. The van der Waals surface area contributed by atoms with Crippen molar-refractivity contribution in [3.05, 3.63) is 18.5 Å². The Bertz CT molecular complexity index is 948. The Balaban J connectivity index is 2.45. The van der Waals surface area contributed by atoms with Crippen LogP contribution in [-0.2, 0) is 19.0 Å². The van der Waals surface area contributed by atoms with Gasteiger partial charge in [-0.2, -0.15) is 4.90 Å². The highest BCUT2D eigenvalue weighted by Crippen LogP contribution is 2.35.